The molecule has 1 aliphatic carbocycles. The van der Waals surface area contributed by atoms with Crippen LogP contribution in [0.15, 0.2) is 30.3 Å². The molecule has 1 spiro atoms. The van der Waals surface area contributed by atoms with Gasteiger partial charge in [-0.3, -0.25) is 9.47 Å². The Bertz CT molecular complexity index is 1460. The molecule has 212 valence electrons. The fraction of sp³-hybridized carbons (Fsp3) is 0.500. The van der Waals surface area contributed by atoms with Gasteiger partial charge in [0.05, 0.1) is 18.2 Å². The van der Waals surface area contributed by atoms with Crippen molar-refractivity contribution in [2.45, 2.75) is 44.6 Å². The van der Waals surface area contributed by atoms with Gasteiger partial charge < -0.3 is 9.80 Å². The van der Waals surface area contributed by atoms with Gasteiger partial charge >= 0.3 is 6.18 Å². The van der Waals surface area contributed by atoms with E-state index in [-0.39, 0.29) is 24.3 Å². The standard InChI is InChI=1S/C26H24ClF6N7/c27-16-1-3-19-14(5-16)8-37(17-6-15(7-17)26(31,32)33)9-21-35-36-24(40(19)21)39-12-25(13-39)10-38(11-25)20-4-2-18(28)22(34-20)23(29)30/h1-5,15,17,23H,6-13H2. The Labute approximate surface area is 230 Å². The van der Waals surface area contributed by atoms with Crippen molar-refractivity contribution in [2.75, 3.05) is 36.0 Å². The van der Waals surface area contributed by atoms with Crippen LogP contribution < -0.4 is 9.80 Å². The lowest BCUT2D eigenvalue weighted by molar-refractivity contribution is -0.207. The molecule has 0 atom stereocenters. The van der Waals surface area contributed by atoms with Crippen molar-refractivity contribution in [2.24, 2.45) is 11.3 Å². The fourth-order valence-corrected chi connectivity index (χ4v) is 6.63. The molecule has 0 N–H and O–H groups in total. The maximum absolute atomic E-state index is 13.7. The molecule has 0 radical (unpaired) electrons. The van der Waals surface area contributed by atoms with Crippen LogP contribution in [-0.2, 0) is 13.1 Å². The Kier molecular flexibility index (Phi) is 5.80. The smallest absolute Gasteiger partial charge is 0.355 e. The molecule has 7 nitrogen and oxygen atoms in total. The van der Waals surface area contributed by atoms with Crippen LogP contribution >= 0.6 is 11.6 Å². The zero-order valence-corrected chi connectivity index (χ0v) is 21.8. The highest BCUT2D eigenvalue weighted by atomic mass is 35.5. The lowest BCUT2D eigenvalue weighted by Crippen LogP contribution is -2.73. The SMILES string of the molecule is Fc1ccc(N2CC3(C2)CN(c2nnc4n2-c2ccc(Cl)cc2CN(C2CC(C(F)(F)F)C2)C4)C3)nc1C(F)F. The van der Waals surface area contributed by atoms with Crippen molar-refractivity contribution in [3.63, 3.8) is 0 Å². The number of halogens is 7. The molecule has 0 bridgehead atoms. The molecule has 4 aliphatic rings. The number of hydrogen-bond acceptors (Lipinski definition) is 6. The summed E-state index contributed by atoms with van der Waals surface area (Å²) in [4.78, 5) is 9.80. The highest BCUT2D eigenvalue weighted by molar-refractivity contribution is 6.30. The average molecular weight is 584 g/mol. The van der Waals surface area contributed by atoms with Gasteiger partial charge in [0.1, 0.15) is 11.5 Å². The molecule has 5 heterocycles. The molecule has 3 aromatic rings. The van der Waals surface area contributed by atoms with Gasteiger partial charge in [-0.2, -0.15) is 13.2 Å². The fourth-order valence-electron chi connectivity index (χ4n) is 6.43. The minimum absolute atomic E-state index is 0.0628. The minimum atomic E-state index is -4.18. The van der Waals surface area contributed by atoms with Crippen molar-refractivity contribution >= 4 is 23.4 Å². The first-order chi connectivity index (χ1) is 19.0. The number of pyridine rings is 1. The molecule has 40 heavy (non-hydrogen) atoms. The third-order valence-corrected chi connectivity index (χ3v) is 8.82. The van der Waals surface area contributed by atoms with Gasteiger partial charge in [0.15, 0.2) is 11.6 Å². The first kappa shape index (κ1) is 25.9. The monoisotopic (exact) mass is 583 g/mol. The maximum atomic E-state index is 13.7. The summed E-state index contributed by atoms with van der Waals surface area (Å²) in [5, 5.41) is 9.44. The molecule has 0 unspecified atom stereocenters. The van der Waals surface area contributed by atoms with Crippen LogP contribution in [0.2, 0.25) is 5.02 Å². The van der Waals surface area contributed by atoms with E-state index < -0.39 is 30.0 Å². The highest BCUT2D eigenvalue weighted by Crippen LogP contribution is 2.46. The van der Waals surface area contributed by atoms with E-state index >= 15 is 0 Å². The van der Waals surface area contributed by atoms with E-state index in [0.29, 0.717) is 61.9 Å². The molecule has 14 heteroatoms. The predicted molar refractivity (Wildman–Crippen MR) is 134 cm³/mol. The van der Waals surface area contributed by atoms with Crippen LogP contribution in [0.5, 0.6) is 0 Å². The number of anilines is 2. The summed E-state index contributed by atoms with van der Waals surface area (Å²) >= 11 is 6.30. The number of nitrogens with zero attached hydrogens (tertiary/aromatic N) is 7. The number of benzene rings is 1. The van der Waals surface area contributed by atoms with Gasteiger partial charge in [-0.05, 0) is 48.7 Å². The third-order valence-electron chi connectivity index (χ3n) is 8.58. The zero-order valence-electron chi connectivity index (χ0n) is 21.1. The Morgan fingerprint density at radius 2 is 1.68 bits per heavy atom. The topological polar surface area (TPSA) is 53.3 Å². The summed E-state index contributed by atoms with van der Waals surface area (Å²) in [6.45, 7) is 3.32. The number of aromatic nitrogens is 4. The largest absolute Gasteiger partial charge is 0.391 e. The summed E-state index contributed by atoms with van der Waals surface area (Å²) in [7, 11) is 0. The Hall–Kier alpha value is -3.06. The van der Waals surface area contributed by atoms with Crippen LogP contribution in [0.25, 0.3) is 5.69 Å². The number of alkyl halides is 5. The van der Waals surface area contributed by atoms with Gasteiger partial charge in [0.2, 0.25) is 5.95 Å². The summed E-state index contributed by atoms with van der Waals surface area (Å²) < 4.78 is 81.2. The van der Waals surface area contributed by atoms with E-state index in [4.69, 9.17) is 11.6 Å². The quantitative estimate of drug-likeness (QED) is 0.385. The third kappa shape index (κ3) is 4.20. The Morgan fingerprint density at radius 3 is 2.38 bits per heavy atom. The van der Waals surface area contributed by atoms with Crippen LogP contribution in [0.3, 0.4) is 0 Å². The van der Waals surface area contributed by atoms with Gasteiger partial charge in [-0.15, -0.1) is 10.2 Å². The van der Waals surface area contributed by atoms with Crippen LogP contribution in [0.1, 0.15) is 36.3 Å². The van der Waals surface area contributed by atoms with Gasteiger partial charge in [-0.1, -0.05) is 11.6 Å². The van der Waals surface area contributed by atoms with Crippen molar-refractivity contribution in [1.82, 2.24) is 24.6 Å². The molecule has 1 aromatic carbocycles. The van der Waals surface area contributed by atoms with Crippen molar-refractivity contribution in [3.05, 3.63) is 58.3 Å². The Balaban J connectivity index is 1.09. The highest BCUT2D eigenvalue weighted by Gasteiger charge is 2.54. The van der Waals surface area contributed by atoms with Gasteiger partial charge in [0.25, 0.3) is 6.43 Å². The molecule has 1 saturated carbocycles. The second-order valence-corrected chi connectivity index (χ2v) is 11.8. The van der Waals surface area contributed by atoms with Crippen molar-refractivity contribution in [1.29, 1.82) is 0 Å². The molecule has 7 rings (SSSR count). The second kappa shape index (κ2) is 8.97. The van der Waals surface area contributed by atoms with Crippen LogP contribution in [0, 0.1) is 17.2 Å². The van der Waals surface area contributed by atoms with Gasteiger partial charge in [-0.25, -0.2) is 18.2 Å². The summed E-state index contributed by atoms with van der Waals surface area (Å²) in [6.07, 6.45) is -7.04. The zero-order chi connectivity index (χ0) is 28.0. The van der Waals surface area contributed by atoms with Crippen molar-refractivity contribution in [3.8, 4) is 5.69 Å². The summed E-state index contributed by atoms with van der Waals surface area (Å²) in [5.41, 5.74) is 0.819. The number of hydrogen-bond donors (Lipinski definition) is 0. The molecule has 0 amide bonds. The lowest BCUT2D eigenvalue weighted by Gasteiger charge is -2.60. The van der Waals surface area contributed by atoms with Crippen LogP contribution in [0.4, 0.5) is 38.1 Å². The first-order valence-electron chi connectivity index (χ1n) is 13.0. The predicted octanol–water partition coefficient (Wildman–Crippen LogP) is 5.38. The molecule has 2 saturated heterocycles. The number of fused-ring (bicyclic) bond motifs is 3. The Morgan fingerprint density at radius 1 is 0.950 bits per heavy atom. The van der Waals surface area contributed by atoms with E-state index in [1.54, 1.807) is 6.07 Å². The van der Waals surface area contributed by atoms with Crippen LogP contribution in [-0.4, -0.2) is 63.0 Å². The lowest BCUT2D eigenvalue weighted by atomic mass is 9.73. The molecular weight excluding hydrogens is 560 g/mol. The summed E-state index contributed by atoms with van der Waals surface area (Å²) in [6, 6.07) is 7.73. The second-order valence-electron chi connectivity index (χ2n) is 11.3. The van der Waals surface area contributed by atoms with E-state index in [1.165, 1.54) is 6.07 Å². The maximum Gasteiger partial charge on any atom is 0.391 e. The van der Waals surface area contributed by atoms with E-state index in [2.05, 4.69) is 20.1 Å². The molecular formula is C26H24ClF6N7. The number of rotatable bonds is 4. The molecule has 3 aliphatic heterocycles. The van der Waals surface area contributed by atoms with E-state index in [9.17, 15) is 26.3 Å². The van der Waals surface area contributed by atoms with E-state index in [0.717, 1.165) is 17.3 Å². The van der Waals surface area contributed by atoms with Gasteiger partial charge in [0, 0.05) is 49.2 Å². The summed E-state index contributed by atoms with van der Waals surface area (Å²) in [5.74, 6) is -0.677. The molecule has 3 fully saturated rings. The average Bonchev–Trinajstić information content (AvgIpc) is 3.11. The minimum Gasteiger partial charge on any atom is -0.355 e. The molecule has 2 aromatic heterocycles. The van der Waals surface area contributed by atoms with E-state index in [1.807, 2.05) is 26.5 Å². The van der Waals surface area contributed by atoms with Crippen molar-refractivity contribution < 1.29 is 26.3 Å². The first-order valence-corrected chi connectivity index (χ1v) is 13.4. The normalized spacial score (nSPS) is 23.8.